The van der Waals surface area contributed by atoms with Gasteiger partial charge in [0, 0.05) is 17.5 Å². The topological polar surface area (TPSA) is 71.1 Å². The molecule has 0 saturated heterocycles. The van der Waals surface area contributed by atoms with Crippen LogP contribution >= 0.6 is 34.9 Å². The van der Waals surface area contributed by atoms with E-state index in [1.54, 1.807) is 19.2 Å². The largest absolute Gasteiger partial charge is 0.358 e. The third kappa shape index (κ3) is 5.80. The van der Waals surface area contributed by atoms with E-state index in [4.69, 9.17) is 0 Å². The molecule has 0 radical (unpaired) electrons. The van der Waals surface area contributed by atoms with E-state index in [0.29, 0.717) is 26.8 Å². The molecular formula is C20H17F2N3O2S3. The highest BCUT2D eigenvalue weighted by atomic mass is 32.2. The molecule has 3 rings (SSSR count). The van der Waals surface area contributed by atoms with Gasteiger partial charge in [-0.05, 0) is 12.1 Å². The van der Waals surface area contributed by atoms with Crippen molar-refractivity contribution < 1.29 is 18.4 Å². The van der Waals surface area contributed by atoms with Gasteiger partial charge in [0.2, 0.25) is 5.91 Å². The molecule has 2 amide bonds. The van der Waals surface area contributed by atoms with Crippen molar-refractivity contribution >= 4 is 51.7 Å². The molecular weight excluding hydrogens is 448 g/mol. The number of rotatable bonds is 8. The molecule has 0 unspecified atom stereocenters. The van der Waals surface area contributed by atoms with Crippen molar-refractivity contribution in [3.05, 3.63) is 60.2 Å². The first-order chi connectivity index (χ1) is 14.5. The number of halogens is 2. The maximum absolute atomic E-state index is 12.9. The Bertz CT molecular complexity index is 1030. The van der Waals surface area contributed by atoms with E-state index in [9.17, 15) is 18.4 Å². The number of anilines is 1. The molecule has 10 heteroatoms. The average Bonchev–Trinajstić information content (AvgIpc) is 3.15. The van der Waals surface area contributed by atoms with Gasteiger partial charge in [0.25, 0.3) is 11.7 Å². The number of hydrogen-bond donors (Lipinski definition) is 2. The maximum Gasteiger partial charge on any atom is 0.288 e. The van der Waals surface area contributed by atoms with Crippen LogP contribution in [-0.4, -0.2) is 35.4 Å². The van der Waals surface area contributed by atoms with E-state index >= 15 is 0 Å². The molecule has 1 aromatic heterocycles. The summed E-state index contributed by atoms with van der Waals surface area (Å²) in [6.07, 6.45) is 0. The Morgan fingerprint density at radius 3 is 2.50 bits per heavy atom. The summed E-state index contributed by atoms with van der Waals surface area (Å²) >= 11 is 2.82. The van der Waals surface area contributed by atoms with Crippen LogP contribution in [-0.2, 0) is 4.79 Å². The second-order valence-electron chi connectivity index (χ2n) is 5.81. The van der Waals surface area contributed by atoms with Crippen LogP contribution in [0.5, 0.6) is 0 Å². The molecule has 0 aliphatic carbocycles. The fraction of sp³-hybridized carbons (Fsp3) is 0.150. The summed E-state index contributed by atoms with van der Waals surface area (Å²) < 4.78 is 26.3. The Labute approximate surface area is 184 Å². The molecule has 3 aromatic rings. The number of thiazole rings is 1. The molecule has 156 valence electrons. The summed E-state index contributed by atoms with van der Waals surface area (Å²) in [5, 5.41) is 5.84. The van der Waals surface area contributed by atoms with Gasteiger partial charge in [0.1, 0.15) is 10.7 Å². The van der Waals surface area contributed by atoms with Crippen molar-refractivity contribution in [2.75, 3.05) is 18.1 Å². The standard InChI is InChI=1S/C20H17F2N3O2S3/c1-23-15(26)11-28-20-24-16(12-7-3-2-4-8-12)18(30-20)25-17(27)13-9-5-6-10-14(13)29-19(21)22/h2-10,19H,11H2,1H3,(H,23,26)(H,25,27). The van der Waals surface area contributed by atoms with Crippen molar-refractivity contribution in [2.45, 2.75) is 15.0 Å². The number of nitrogens with one attached hydrogen (secondary N) is 2. The van der Waals surface area contributed by atoms with Crippen molar-refractivity contribution in [1.82, 2.24) is 10.3 Å². The van der Waals surface area contributed by atoms with Gasteiger partial charge in [-0.25, -0.2) is 4.98 Å². The van der Waals surface area contributed by atoms with Crippen molar-refractivity contribution in [3.8, 4) is 11.3 Å². The smallest absolute Gasteiger partial charge is 0.288 e. The van der Waals surface area contributed by atoms with Crippen LogP contribution in [0, 0.1) is 0 Å². The zero-order valence-electron chi connectivity index (χ0n) is 15.7. The van der Waals surface area contributed by atoms with Gasteiger partial charge in [-0.3, -0.25) is 9.59 Å². The number of thioether (sulfide) groups is 2. The molecule has 0 bridgehead atoms. The Morgan fingerprint density at radius 2 is 1.80 bits per heavy atom. The summed E-state index contributed by atoms with van der Waals surface area (Å²) in [4.78, 5) is 29.2. The minimum absolute atomic E-state index is 0.139. The van der Waals surface area contributed by atoms with Crippen molar-refractivity contribution in [2.24, 2.45) is 0 Å². The molecule has 0 aliphatic heterocycles. The normalized spacial score (nSPS) is 10.8. The van der Waals surface area contributed by atoms with E-state index in [-0.39, 0.29) is 22.1 Å². The molecule has 1 heterocycles. The van der Waals surface area contributed by atoms with Gasteiger partial charge >= 0.3 is 0 Å². The van der Waals surface area contributed by atoms with Gasteiger partial charge < -0.3 is 10.6 Å². The lowest BCUT2D eigenvalue weighted by molar-refractivity contribution is -0.118. The molecule has 0 saturated carbocycles. The lowest BCUT2D eigenvalue weighted by atomic mass is 10.1. The van der Waals surface area contributed by atoms with Crippen molar-refractivity contribution in [3.63, 3.8) is 0 Å². The van der Waals surface area contributed by atoms with Gasteiger partial charge in [0.05, 0.1) is 11.3 Å². The number of amides is 2. The summed E-state index contributed by atoms with van der Waals surface area (Å²) in [6.45, 7) is 0. The van der Waals surface area contributed by atoms with Crippen LogP contribution in [0.15, 0.2) is 63.8 Å². The molecule has 2 N–H and O–H groups in total. The van der Waals surface area contributed by atoms with E-state index in [2.05, 4.69) is 15.6 Å². The third-order valence-electron chi connectivity index (χ3n) is 3.84. The van der Waals surface area contributed by atoms with Gasteiger partial charge in [-0.2, -0.15) is 8.78 Å². The highest BCUT2D eigenvalue weighted by molar-refractivity contribution is 8.01. The number of carbonyl (C=O) groups excluding carboxylic acids is 2. The molecule has 5 nitrogen and oxygen atoms in total. The predicted octanol–water partition coefficient (Wildman–Crippen LogP) is 5.22. The Kier molecular flexibility index (Phi) is 7.83. The quantitative estimate of drug-likeness (QED) is 0.447. The molecule has 0 spiro atoms. The first-order valence-electron chi connectivity index (χ1n) is 8.72. The van der Waals surface area contributed by atoms with Gasteiger partial charge in [-0.1, -0.05) is 77.3 Å². The minimum atomic E-state index is -2.63. The number of carbonyl (C=O) groups is 2. The highest BCUT2D eigenvalue weighted by Crippen LogP contribution is 2.38. The molecule has 0 fully saturated rings. The van der Waals surface area contributed by atoms with Crippen LogP contribution < -0.4 is 10.6 Å². The van der Waals surface area contributed by atoms with E-state index in [1.165, 1.54) is 35.2 Å². The fourth-order valence-electron chi connectivity index (χ4n) is 2.46. The SMILES string of the molecule is CNC(=O)CSc1nc(-c2ccccc2)c(NC(=O)c2ccccc2SC(F)F)s1. The van der Waals surface area contributed by atoms with E-state index in [1.807, 2.05) is 30.3 Å². The fourth-order valence-corrected chi connectivity index (χ4v) is 5.03. The van der Waals surface area contributed by atoms with Gasteiger partial charge in [-0.15, -0.1) is 0 Å². The summed E-state index contributed by atoms with van der Waals surface area (Å²) in [5.74, 6) is -3.07. The Morgan fingerprint density at radius 1 is 1.10 bits per heavy atom. The minimum Gasteiger partial charge on any atom is -0.358 e. The van der Waals surface area contributed by atoms with Crippen LogP contribution in [0.3, 0.4) is 0 Å². The summed E-state index contributed by atoms with van der Waals surface area (Å²) in [6, 6.07) is 15.5. The van der Waals surface area contributed by atoms with Crippen LogP contribution in [0.25, 0.3) is 11.3 Å². The zero-order chi connectivity index (χ0) is 21.5. The second kappa shape index (κ2) is 10.6. The number of hydrogen-bond acceptors (Lipinski definition) is 6. The number of alkyl halides is 2. The van der Waals surface area contributed by atoms with E-state index in [0.717, 1.165) is 5.56 Å². The van der Waals surface area contributed by atoms with Crippen LogP contribution in [0.2, 0.25) is 0 Å². The number of nitrogens with zero attached hydrogens (tertiary/aromatic N) is 1. The zero-order valence-corrected chi connectivity index (χ0v) is 18.2. The summed E-state index contributed by atoms with van der Waals surface area (Å²) in [7, 11) is 1.56. The third-order valence-corrected chi connectivity index (χ3v) is 6.74. The molecule has 0 aliphatic rings. The van der Waals surface area contributed by atoms with E-state index < -0.39 is 11.7 Å². The molecule has 2 aromatic carbocycles. The lowest BCUT2D eigenvalue weighted by Crippen LogP contribution is -2.19. The molecule has 30 heavy (non-hydrogen) atoms. The van der Waals surface area contributed by atoms with Crippen molar-refractivity contribution in [1.29, 1.82) is 0 Å². The number of aromatic nitrogens is 1. The first-order valence-corrected chi connectivity index (χ1v) is 11.4. The summed E-state index contributed by atoms with van der Waals surface area (Å²) in [5.41, 5.74) is 1.52. The molecule has 0 atom stereocenters. The highest BCUT2D eigenvalue weighted by Gasteiger charge is 2.20. The van der Waals surface area contributed by atoms with Gasteiger partial charge in [0.15, 0.2) is 4.34 Å². The van der Waals surface area contributed by atoms with Crippen LogP contribution in [0.4, 0.5) is 13.8 Å². The Hall–Kier alpha value is -2.43. The lowest BCUT2D eigenvalue weighted by Gasteiger charge is -2.09. The predicted molar refractivity (Wildman–Crippen MR) is 119 cm³/mol. The average molecular weight is 466 g/mol. The maximum atomic E-state index is 12.9. The number of benzene rings is 2. The second-order valence-corrected chi connectivity index (χ2v) is 9.07. The van der Waals surface area contributed by atoms with Crippen LogP contribution in [0.1, 0.15) is 10.4 Å². The first kappa shape index (κ1) is 22.3. The Balaban J connectivity index is 1.90. The monoisotopic (exact) mass is 465 g/mol.